The predicted molar refractivity (Wildman–Crippen MR) is 76.4 cm³/mol. The van der Waals surface area contributed by atoms with Crippen LogP contribution >= 0.6 is 0 Å². The van der Waals surface area contributed by atoms with Gasteiger partial charge >= 0.3 is 0 Å². The van der Waals surface area contributed by atoms with Gasteiger partial charge in [-0.05, 0) is 32.9 Å². The van der Waals surface area contributed by atoms with E-state index in [-0.39, 0.29) is 18.5 Å². The lowest BCUT2D eigenvalue weighted by Gasteiger charge is -2.19. The lowest BCUT2D eigenvalue weighted by molar-refractivity contribution is -0.120. The molecule has 0 saturated heterocycles. The molecule has 1 aromatic rings. The zero-order valence-electron chi connectivity index (χ0n) is 11.9. The highest BCUT2D eigenvalue weighted by molar-refractivity contribution is 5.81. The van der Waals surface area contributed by atoms with Crippen molar-refractivity contribution in [3.8, 4) is 5.88 Å². The van der Waals surface area contributed by atoms with Crippen LogP contribution in [-0.2, 0) is 4.79 Å². The molecule has 0 fully saturated rings. The van der Waals surface area contributed by atoms with Gasteiger partial charge in [-0.15, -0.1) is 0 Å². The summed E-state index contributed by atoms with van der Waals surface area (Å²) in [6.07, 6.45) is 0. The van der Waals surface area contributed by atoms with Crippen molar-refractivity contribution < 1.29 is 9.53 Å². The summed E-state index contributed by atoms with van der Waals surface area (Å²) in [5.74, 6) is 1.00. The van der Waals surface area contributed by atoms with Crippen LogP contribution in [-0.4, -0.2) is 37.1 Å². The highest BCUT2D eigenvalue weighted by Crippen LogP contribution is 2.22. The molecule has 0 aromatic carbocycles. The Hall–Kier alpha value is -1.98. The van der Waals surface area contributed by atoms with E-state index in [1.165, 1.54) is 0 Å². The van der Waals surface area contributed by atoms with E-state index in [0.29, 0.717) is 24.0 Å². The third-order valence-electron chi connectivity index (χ3n) is 2.38. The Morgan fingerprint density at radius 3 is 2.79 bits per heavy atom. The standard InChI is InChI=1S/C13H22N4O2/c1-5-19-13-10(14)6-7-11(16-13)17(4)8-12(18)15-9(2)3/h6-7,9H,5,8,14H2,1-4H3,(H,15,18). The first kappa shape index (κ1) is 15.1. The van der Waals surface area contributed by atoms with Crippen molar-refractivity contribution in [3.63, 3.8) is 0 Å². The third kappa shape index (κ3) is 4.65. The number of carbonyl (C=O) groups excluding carboxylic acids is 1. The molecule has 1 heterocycles. The second-order valence-electron chi connectivity index (χ2n) is 4.58. The summed E-state index contributed by atoms with van der Waals surface area (Å²) in [4.78, 5) is 17.7. The van der Waals surface area contributed by atoms with Gasteiger partial charge in [0.05, 0.1) is 18.8 Å². The molecule has 3 N–H and O–H groups in total. The number of amides is 1. The maximum Gasteiger partial charge on any atom is 0.239 e. The molecule has 0 atom stereocenters. The molecule has 0 aliphatic heterocycles. The molecule has 6 nitrogen and oxygen atoms in total. The fourth-order valence-corrected chi connectivity index (χ4v) is 1.57. The number of nitrogen functional groups attached to an aromatic ring is 1. The highest BCUT2D eigenvalue weighted by Gasteiger charge is 2.11. The van der Waals surface area contributed by atoms with Crippen molar-refractivity contribution in [3.05, 3.63) is 12.1 Å². The Morgan fingerprint density at radius 1 is 1.53 bits per heavy atom. The van der Waals surface area contributed by atoms with Crippen molar-refractivity contribution in [2.24, 2.45) is 0 Å². The molecule has 19 heavy (non-hydrogen) atoms. The molecular formula is C13H22N4O2. The molecule has 0 saturated carbocycles. The van der Waals surface area contributed by atoms with Gasteiger partial charge in [0.1, 0.15) is 5.82 Å². The molecular weight excluding hydrogens is 244 g/mol. The summed E-state index contributed by atoms with van der Waals surface area (Å²) in [7, 11) is 1.80. The van der Waals surface area contributed by atoms with Crippen molar-refractivity contribution in [2.75, 3.05) is 30.8 Å². The fourth-order valence-electron chi connectivity index (χ4n) is 1.57. The summed E-state index contributed by atoms with van der Waals surface area (Å²) in [5, 5.41) is 2.83. The SMILES string of the molecule is CCOc1nc(N(C)CC(=O)NC(C)C)ccc1N. The number of anilines is 2. The van der Waals surface area contributed by atoms with Gasteiger partial charge in [-0.3, -0.25) is 4.79 Å². The van der Waals surface area contributed by atoms with E-state index < -0.39 is 0 Å². The van der Waals surface area contributed by atoms with Crippen LogP contribution < -0.4 is 20.7 Å². The number of hydrogen-bond acceptors (Lipinski definition) is 5. The Balaban J connectivity index is 2.73. The highest BCUT2D eigenvalue weighted by atomic mass is 16.5. The minimum absolute atomic E-state index is 0.0471. The van der Waals surface area contributed by atoms with E-state index in [1.54, 1.807) is 24.1 Å². The number of likely N-dealkylation sites (N-methyl/N-ethyl adjacent to an activating group) is 1. The first-order chi connectivity index (χ1) is 8.93. The first-order valence-electron chi connectivity index (χ1n) is 6.33. The van der Waals surface area contributed by atoms with Gasteiger partial charge in [0.25, 0.3) is 0 Å². The van der Waals surface area contributed by atoms with E-state index in [0.717, 1.165) is 0 Å². The van der Waals surface area contributed by atoms with Crippen LogP contribution in [0.2, 0.25) is 0 Å². The van der Waals surface area contributed by atoms with E-state index >= 15 is 0 Å². The van der Waals surface area contributed by atoms with Crippen LogP contribution in [0.1, 0.15) is 20.8 Å². The number of rotatable bonds is 6. The zero-order chi connectivity index (χ0) is 14.4. The van der Waals surface area contributed by atoms with Crippen molar-refractivity contribution >= 4 is 17.4 Å². The molecule has 1 rings (SSSR count). The molecule has 1 amide bonds. The molecule has 106 valence electrons. The summed E-state index contributed by atoms with van der Waals surface area (Å²) in [5.41, 5.74) is 6.25. The molecule has 0 spiro atoms. The van der Waals surface area contributed by atoms with Crippen molar-refractivity contribution in [1.29, 1.82) is 0 Å². The minimum Gasteiger partial charge on any atom is -0.476 e. The summed E-state index contributed by atoms with van der Waals surface area (Å²) >= 11 is 0. The monoisotopic (exact) mass is 266 g/mol. The van der Waals surface area contributed by atoms with Crippen molar-refractivity contribution in [2.45, 2.75) is 26.8 Å². The molecule has 0 aliphatic carbocycles. The zero-order valence-corrected chi connectivity index (χ0v) is 11.9. The van der Waals surface area contributed by atoms with Crippen LogP contribution in [0.3, 0.4) is 0 Å². The second kappa shape index (κ2) is 6.82. The number of ether oxygens (including phenoxy) is 1. The maximum atomic E-state index is 11.7. The number of nitrogens with two attached hydrogens (primary N) is 1. The maximum absolute atomic E-state index is 11.7. The Morgan fingerprint density at radius 2 is 2.21 bits per heavy atom. The van der Waals surface area contributed by atoms with E-state index in [2.05, 4.69) is 10.3 Å². The third-order valence-corrected chi connectivity index (χ3v) is 2.38. The Bertz CT molecular complexity index is 435. The van der Waals surface area contributed by atoms with Crippen LogP contribution in [0.15, 0.2) is 12.1 Å². The number of pyridine rings is 1. The summed E-state index contributed by atoms with van der Waals surface area (Å²) in [6.45, 7) is 6.45. The smallest absolute Gasteiger partial charge is 0.239 e. The van der Waals surface area contributed by atoms with Gasteiger partial charge in [0.15, 0.2) is 0 Å². The van der Waals surface area contributed by atoms with E-state index in [9.17, 15) is 4.79 Å². The minimum atomic E-state index is -0.0471. The molecule has 0 radical (unpaired) electrons. The average Bonchev–Trinajstić information content (AvgIpc) is 2.30. The Labute approximate surface area is 113 Å². The van der Waals surface area contributed by atoms with Crippen LogP contribution in [0.4, 0.5) is 11.5 Å². The van der Waals surface area contributed by atoms with Crippen LogP contribution in [0, 0.1) is 0 Å². The van der Waals surface area contributed by atoms with Gasteiger partial charge in [-0.2, -0.15) is 4.98 Å². The van der Waals surface area contributed by atoms with Crippen molar-refractivity contribution in [1.82, 2.24) is 10.3 Å². The number of hydrogen-bond donors (Lipinski definition) is 2. The van der Waals surface area contributed by atoms with Gasteiger partial charge < -0.3 is 20.7 Å². The number of carbonyl (C=O) groups is 1. The molecule has 6 heteroatoms. The lowest BCUT2D eigenvalue weighted by atomic mass is 10.3. The normalized spacial score (nSPS) is 10.4. The second-order valence-corrected chi connectivity index (χ2v) is 4.58. The molecule has 0 bridgehead atoms. The van der Waals surface area contributed by atoms with E-state index in [4.69, 9.17) is 10.5 Å². The number of nitrogens with zero attached hydrogens (tertiary/aromatic N) is 2. The van der Waals surface area contributed by atoms with Crippen LogP contribution in [0.5, 0.6) is 5.88 Å². The quantitative estimate of drug-likeness (QED) is 0.803. The van der Waals surface area contributed by atoms with Crippen LogP contribution in [0.25, 0.3) is 0 Å². The first-order valence-corrected chi connectivity index (χ1v) is 6.33. The Kier molecular flexibility index (Phi) is 5.41. The van der Waals surface area contributed by atoms with Gasteiger partial charge in [-0.25, -0.2) is 0 Å². The molecule has 0 aliphatic rings. The van der Waals surface area contributed by atoms with E-state index in [1.807, 2.05) is 20.8 Å². The fraction of sp³-hybridized carbons (Fsp3) is 0.538. The summed E-state index contributed by atoms with van der Waals surface area (Å²) in [6, 6.07) is 3.62. The largest absolute Gasteiger partial charge is 0.476 e. The summed E-state index contributed by atoms with van der Waals surface area (Å²) < 4.78 is 5.33. The topological polar surface area (TPSA) is 80.5 Å². The number of aromatic nitrogens is 1. The van der Waals surface area contributed by atoms with Gasteiger partial charge in [0.2, 0.25) is 11.8 Å². The number of nitrogens with one attached hydrogen (secondary N) is 1. The predicted octanol–water partition coefficient (Wildman–Crippen LogP) is 1.02. The average molecular weight is 266 g/mol. The van der Waals surface area contributed by atoms with Gasteiger partial charge in [-0.1, -0.05) is 0 Å². The lowest BCUT2D eigenvalue weighted by Crippen LogP contribution is -2.38. The molecule has 1 aromatic heterocycles. The van der Waals surface area contributed by atoms with Gasteiger partial charge in [0, 0.05) is 13.1 Å². The molecule has 0 unspecified atom stereocenters.